The van der Waals surface area contributed by atoms with E-state index in [4.69, 9.17) is 4.74 Å². The van der Waals surface area contributed by atoms with Gasteiger partial charge in [-0.15, -0.1) is 0 Å². The third-order valence-corrected chi connectivity index (χ3v) is 1.07. The third kappa shape index (κ3) is 3.89. The van der Waals surface area contributed by atoms with E-state index in [2.05, 4.69) is 11.6 Å². The number of allylic oxidation sites excluding steroid dienone is 2. The van der Waals surface area contributed by atoms with Gasteiger partial charge in [0.25, 0.3) is 0 Å². The second-order valence-electron chi connectivity index (χ2n) is 1.92. The molecule has 0 bridgehead atoms. The first-order chi connectivity index (χ1) is 4.70. The highest BCUT2D eigenvalue weighted by molar-refractivity contribution is 5.92. The fraction of sp³-hybridized carbons (Fsp3) is 0.375. The largest absolute Gasteiger partial charge is 0.500 e. The second kappa shape index (κ2) is 4.79. The SMILES string of the molecule is C=CC(C)=N/C=C(\C)OC. The second-order valence-corrected chi connectivity index (χ2v) is 1.92. The summed E-state index contributed by atoms with van der Waals surface area (Å²) in [6, 6.07) is 0. The molecule has 56 valence electrons. The van der Waals surface area contributed by atoms with E-state index in [-0.39, 0.29) is 0 Å². The van der Waals surface area contributed by atoms with Gasteiger partial charge in [-0.1, -0.05) is 6.58 Å². The molecule has 0 unspecified atom stereocenters. The molecule has 0 aliphatic rings. The molecule has 0 saturated heterocycles. The van der Waals surface area contributed by atoms with Crippen molar-refractivity contribution in [2.45, 2.75) is 13.8 Å². The average Bonchev–Trinajstić information content (AvgIpc) is 1.99. The lowest BCUT2D eigenvalue weighted by Gasteiger charge is -1.94. The summed E-state index contributed by atoms with van der Waals surface area (Å²) in [5.41, 5.74) is 0.886. The fourth-order valence-electron chi connectivity index (χ4n) is 0.298. The fourth-order valence-corrected chi connectivity index (χ4v) is 0.298. The van der Waals surface area contributed by atoms with Crippen LogP contribution in [0.3, 0.4) is 0 Å². The minimum atomic E-state index is 0.793. The molecule has 0 N–H and O–H groups in total. The highest BCUT2D eigenvalue weighted by atomic mass is 16.5. The molecule has 0 aromatic rings. The van der Waals surface area contributed by atoms with Crippen LogP contribution in [0.1, 0.15) is 13.8 Å². The predicted molar refractivity (Wildman–Crippen MR) is 44.1 cm³/mol. The van der Waals surface area contributed by atoms with Crippen LogP contribution in [0.15, 0.2) is 29.6 Å². The minimum absolute atomic E-state index is 0.793. The molecule has 2 nitrogen and oxygen atoms in total. The number of ether oxygens (including phenoxy) is 1. The van der Waals surface area contributed by atoms with Crippen molar-refractivity contribution in [3.63, 3.8) is 0 Å². The van der Waals surface area contributed by atoms with Crippen LogP contribution in [0.4, 0.5) is 0 Å². The van der Waals surface area contributed by atoms with Crippen LogP contribution in [0, 0.1) is 0 Å². The normalized spacial score (nSPS) is 13.1. The molecule has 0 heterocycles. The maximum absolute atomic E-state index is 4.86. The van der Waals surface area contributed by atoms with Crippen molar-refractivity contribution >= 4 is 5.71 Å². The summed E-state index contributed by atoms with van der Waals surface area (Å²) in [6.07, 6.45) is 3.36. The first-order valence-electron chi connectivity index (χ1n) is 3.08. The number of aliphatic imine (C=N–C) groups is 1. The maximum atomic E-state index is 4.86. The van der Waals surface area contributed by atoms with Crippen molar-refractivity contribution in [1.29, 1.82) is 0 Å². The van der Waals surface area contributed by atoms with Crippen molar-refractivity contribution in [2.24, 2.45) is 4.99 Å². The smallest absolute Gasteiger partial charge is 0.111 e. The highest BCUT2D eigenvalue weighted by Gasteiger charge is 1.81. The van der Waals surface area contributed by atoms with Crippen molar-refractivity contribution < 1.29 is 4.74 Å². The van der Waals surface area contributed by atoms with Gasteiger partial charge < -0.3 is 4.74 Å². The number of hydrogen-bond donors (Lipinski definition) is 0. The molecule has 0 fully saturated rings. The van der Waals surface area contributed by atoms with Crippen LogP contribution < -0.4 is 0 Å². The molecule has 0 aromatic carbocycles. The van der Waals surface area contributed by atoms with Crippen LogP contribution in [0.5, 0.6) is 0 Å². The number of methoxy groups -OCH3 is 1. The molecule has 0 radical (unpaired) electrons. The molecule has 0 amide bonds. The van der Waals surface area contributed by atoms with E-state index in [1.807, 2.05) is 13.8 Å². The Morgan fingerprint density at radius 3 is 2.50 bits per heavy atom. The molecule has 0 saturated carbocycles. The zero-order valence-corrected chi connectivity index (χ0v) is 6.72. The molecule has 10 heavy (non-hydrogen) atoms. The molecule has 0 rings (SSSR count). The van der Waals surface area contributed by atoms with E-state index >= 15 is 0 Å². The first kappa shape index (κ1) is 8.95. The number of hydrogen-bond acceptors (Lipinski definition) is 2. The quantitative estimate of drug-likeness (QED) is 0.433. The molecular weight excluding hydrogens is 126 g/mol. The highest BCUT2D eigenvalue weighted by Crippen LogP contribution is 1.92. The van der Waals surface area contributed by atoms with Gasteiger partial charge in [-0.25, -0.2) is 0 Å². The standard InChI is InChI=1S/C8H13NO/c1-5-7(2)9-6-8(3)10-4/h5-6H,1H2,2-4H3/b8-6+,9-7?. The Bertz CT molecular complexity index is 168. The van der Waals surface area contributed by atoms with Gasteiger partial charge >= 0.3 is 0 Å². The molecule has 2 heteroatoms. The average molecular weight is 139 g/mol. The lowest BCUT2D eigenvalue weighted by Crippen LogP contribution is -1.82. The monoisotopic (exact) mass is 139 g/mol. The number of rotatable bonds is 3. The molecule has 0 aliphatic heterocycles. The third-order valence-electron chi connectivity index (χ3n) is 1.07. The zero-order valence-electron chi connectivity index (χ0n) is 6.72. The Kier molecular flexibility index (Phi) is 4.29. The van der Waals surface area contributed by atoms with Gasteiger partial charge in [0, 0.05) is 5.71 Å². The summed E-state index contributed by atoms with van der Waals surface area (Å²) in [5, 5.41) is 0. The summed E-state index contributed by atoms with van der Waals surface area (Å²) >= 11 is 0. The molecular formula is C8H13NO. The van der Waals surface area contributed by atoms with Gasteiger partial charge in [0.05, 0.1) is 13.3 Å². The molecule has 0 spiro atoms. The summed E-state index contributed by atoms with van der Waals surface area (Å²) in [6.45, 7) is 7.29. The van der Waals surface area contributed by atoms with Crippen molar-refractivity contribution in [1.82, 2.24) is 0 Å². The molecule has 0 atom stereocenters. The molecule has 0 aromatic heterocycles. The summed E-state index contributed by atoms with van der Waals surface area (Å²) < 4.78 is 4.86. The van der Waals surface area contributed by atoms with Gasteiger partial charge in [-0.3, -0.25) is 4.99 Å². The van der Waals surface area contributed by atoms with Crippen LogP contribution in [0.25, 0.3) is 0 Å². The Morgan fingerprint density at radius 2 is 2.10 bits per heavy atom. The summed E-state index contributed by atoms with van der Waals surface area (Å²) in [5.74, 6) is 0.793. The Morgan fingerprint density at radius 1 is 1.50 bits per heavy atom. The lowest BCUT2D eigenvalue weighted by molar-refractivity contribution is 0.292. The van der Waals surface area contributed by atoms with E-state index in [0.29, 0.717) is 0 Å². The summed E-state index contributed by atoms with van der Waals surface area (Å²) in [7, 11) is 1.62. The summed E-state index contributed by atoms with van der Waals surface area (Å²) in [4.78, 5) is 4.02. The van der Waals surface area contributed by atoms with Crippen LogP contribution >= 0.6 is 0 Å². The Balaban J connectivity index is 4.03. The van der Waals surface area contributed by atoms with Gasteiger partial charge in [-0.2, -0.15) is 0 Å². The van der Waals surface area contributed by atoms with Crippen LogP contribution in [-0.2, 0) is 4.74 Å². The van der Waals surface area contributed by atoms with E-state index < -0.39 is 0 Å². The van der Waals surface area contributed by atoms with E-state index in [9.17, 15) is 0 Å². The maximum Gasteiger partial charge on any atom is 0.111 e. The van der Waals surface area contributed by atoms with Gasteiger partial charge in [0.1, 0.15) is 5.76 Å². The van der Waals surface area contributed by atoms with Crippen LogP contribution in [0.2, 0.25) is 0 Å². The van der Waals surface area contributed by atoms with Gasteiger partial charge in [-0.05, 0) is 19.9 Å². The minimum Gasteiger partial charge on any atom is -0.500 e. The first-order valence-corrected chi connectivity index (χ1v) is 3.08. The van der Waals surface area contributed by atoms with E-state index in [0.717, 1.165) is 11.5 Å². The van der Waals surface area contributed by atoms with Crippen molar-refractivity contribution in [2.75, 3.05) is 7.11 Å². The van der Waals surface area contributed by atoms with E-state index in [1.165, 1.54) is 0 Å². The van der Waals surface area contributed by atoms with Crippen molar-refractivity contribution in [3.05, 3.63) is 24.6 Å². The van der Waals surface area contributed by atoms with E-state index in [1.54, 1.807) is 19.4 Å². The zero-order chi connectivity index (χ0) is 7.98. The Hall–Kier alpha value is -1.05. The topological polar surface area (TPSA) is 21.6 Å². The number of nitrogens with zero attached hydrogens (tertiary/aromatic N) is 1. The molecule has 0 aliphatic carbocycles. The van der Waals surface area contributed by atoms with Gasteiger partial charge in [0.2, 0.25) is 0 Å². The predicted octanol–water partition coefficient (Wildman–Crippen LogP) is 2.14. The van der Waals surface area contributed by atoms with Gasteiger partial charge in [0.15, 0.2) is 0 Å². The Labute approximate surface area is 61.9 Å². The van der Waals surface area contributed by atoms with Crippen LogP contribution in [-0.4, -0.2) is 12.8 Å². The van der Waals surface area contributed by atoms with Crippen molar-refractivity contribution in [3.8, 4) is 0 Å². The lowest BCUT2D eigenvalue weighted by atomic mass is 10.4.